The van der Waals surface area contributed by atoms with Gasteiger partial charge in [-0.3, -0.25) is 4.57 Å². The van der Waals surface area contributed by atoms with Crippen LogP contribution in [0.25, 0.3) is 16.9 Å². The van der Waals surface area contributed by atoms with Gasteiger partial charge in [0.1, 0.15) is 17.0 Å². The molecule has 0 unspecified atom stereocenters. The van der Waals surface area contributed by atoms with Crippen LogP contribution < -0.4 is 20.1 Å². The zero-order valence-corrected chi connectivity index (χ0v) is 19.1. The fourth-order valence-corrected chi connectivity index (χ4v) is 4.80. The predicted molar refractivity (Wildman–Crippen MR) is 124 cm³/mol. The van der Waals surface area contributed by atoms with E-state index in [1.807, 2.05) is 23.6 Å². The van der Waals surface area contributed by atoms with Gasteiger partial charge in [-0.25, -0.2) is 14.3 Å². The van der Waals surface area contributed by atoms with Crippen molar-refractivity contribution in [3.8, 4) is 17.2 Å². The summed E-state index contributed by atoms with van der Waals surface area (Å²) < 4.78 is 14.5. The molecule has 3 heterocycles. The number of ether oxygens (including phenoxy) is 2. The summed E-state index contributed by atoms with van der Waals surface area (Å²) in [5.74, 6) is 1.26. The van der Waals surface area contributed by atoms with Gasteiger partial charge in [0, 0.05) is 30.9 Å². The normalized spacial score (nSPS) is 13.3. The topological polar surface area (TPSA) is 61.5 Å². The highest BCUT2D eigenvalue weighted by molar-refractivity contribution is 5.89. The van der Waals surface area contributed by atoms with Crippen LogP contribution in [0.3, 0.4) is 0 Å². The van der Waals surface area contributed by atoms with Gasteiger partial charge < -0.3 is 14.4 Å². The van der Waals surface area contributed by atoms with Crippen molar-refractivity contribution in [2.45, 2.75) is 59.0 Å². The van der Waals surface area contributed by atoms with Crippen molar-refractivity contribution in [3.63, 3.8) is 0 Å². The molecule has 4 rings (SSSR count). The van der Waals surface area contributed by atoms with Gasteiger partial charge in [0.25, 0.3) is 0 Å². The van der Waals surface area contributed by atoms with Crippen LogP contribution in [-0.2, 0) is 6.54 Å². The highest BCUT2D eigenvalue weighted by atomic mass is 16.5. The maximum absolute atomic E-state index is 13.5. The van der Waals surface area contributed by atoms with E-state index >= 15 is 0 Å². The van der Waals surface area contributed by atoms with Crippen LogP contribution in [0.1, 0.15) is 45.2 Å². The molecule has 0 fully saturated rings. The predicted octanol–water partition coefficient (Wildman–Crippen LogP) is 4.30. The molecule has 0 amide bonds. The number of aryl methyl sites for hydroxylation is 1. The van der Waals surface area contributed by atoms with Crippen molar-refractivity contribution in [1.82, 2.24) is 14.1 Å². The average Bonchev–Trinajstić information content (AvgIpc) is 3.05. The first-order valence-electron chi connectivity index (χ1n) is 11.2. The maximum atomic E-state index is 13.5. The quantitative estimate of drug-likeness (QED) is 0.539. The number of anilines is 1. The van der Waals surface area contributed by atoms with Gasteiger partial charge in [0.2, 0.25) is 0 Å². The number of pyridine rings is 1. The molecule has 0 aliphatic carbocycles. The Morgan fingerprint density at radius 1 is 1.03 bits per heavy atom. The number of benzene rings is 1. The van der Waals surface area contributed by atoms with Crippen molar-refractivity contribution in [2.75, 3.05) is 25.7 Å². The highest BCUT2D eigenvalue weighted by Gasteiger charge is 2.30. The van der Waals surface area contributed by atoms with Gasteiger partial charge in [0.15, 0.2) is 5.65 Å². The molecule has 7 heteroatoms. The molecule has 0 saturated carbocycles. The van der Waals surface area contributed by atoms with E-state index in [1.165, 1.54) is 0 Å². The lowest BCUT2D eigenvalue weighted by Gasteiger charge is -2.37. The molecule has 0 spiro atoms. The summed E-state index contributed by atoms with van der Waals surface area (Å²) in [6, 6.07) is 8.10. The largest absolute Gasteiger partial charge is 0.497 e. The average molecular weight is 425 g/mol. The van der Waals surface area contributed by atoms with Crippen LogP contribution >= 0.6 is 0 Å². The van der Waals surface area contributed by atoms with E-state index in [-0.39, 0.29) is 5.69 Å². The highest BCUT2D eigenvalue weighted by Crippen LogP contribution is 2.36. The first-order chi connectivity index (χ1) is 15.0. The van der Waals surface area contributed by atoms with Gasteiger partial charge in [-0.05, 0) is 38.0 Å². The third-order valence-electron chi connectivity index (χ3n) is 6.17. The lowest BCUT2D eigenvalue weighted by molar-refractivity contribution is 0.393. The number of hydrogen-bond acceptors (Lipinski definition) is 5. The summed E-state index contributed by atoms with van der Waals surface area (Å²) in [5.41, 5.74) is 4.20. The third kappa shape index (κ3) is 3.56. The molecule has 0 saturated heterocycles. The monoisotopic (exact) mass is 424 g/mol. The Balaban J connectivity index is 1.96. The summed E-state index contributed by atoms with van der Waals surface area (Å²) >= 11 is 0. The summed E-state index contributed by atoms with van der Waals surface area (Å²) in [6.45, 7) is 7.96. The fraction of sp³-hybridized carbons (Fsp3) is 0.500. The van der Waals surface area contributed by atoms with E-state index < -0.39 is 0 Å². The molecule has 31 heavy (non-hydrogen) atoms. The van der Waals surface area contributed by atoms with Crippen LogP contribution in [-0.4, -0.2) is 40.9 Å². The minimum Gasteiger partial charge on any atom is -0.497 e. The Morgan fingerprint density at radius 3 is 2.42 bits per heavy atom. The molecular weight excluding hydrogens is 392 g/mol. The lowest BCUT2D eigenvalue weighted by Crippen LogP contribution is -2.42. The van der Waals surface area contributed by atoms with Crippen LogP contribution in [0.5, 0.6) is 11.5 Å². The smallest absolute Gasteiger partial charge is 0.335 e. The maximum Gasteiger partial charge on any atom is 0.335 e. The lowest BCUT2D eigenvalue weighted by atomic mass is 10.0. The van der Waals surface area contributed by atoms with Crippen molar-refractivity contribution < 1.29 is 9.47 Å². The molecule has 1 aliphatic rings. The first kappa shape index (κ1) is 21.3. The number of imidazole rings is 1. The minimum absolute atomic E-state index is 0.0833. The van der Waals surface area contributed by atoms with E-state index in [2.05, 4.69) is 24.8 Å². The van der Waals surface area contributed by atoms with Gasteiger partial charge in [0.05, 0.1) is 25.6 Å². The summed E-state index contributed by atoms with van der Waals surface area (Å²) in [5, 5.41) is 0. The van der Waals surface area contributed by atoms with Crippen molar-refractivity contribution in [3.05, 3.63) is 40.4 Å². The molecule has 2 aromatic heterocycles. The first-order valence-corrected chi connectivity index (χ1v) is 11.2. The van der Waals surface area contributed by atoms with Gasteiger partial charge >= 0.3 is 5.69 Å². The Bertz CT molecular complexity index is 1140. The second-order valence-electron chi connectivity index (χ2n) is 8.19. The molecule has 3 aromatic rings. The number of methoxy groups -OCH3 is 2. The molecule has 1 aliphatic heterocycles. The fourth-order valence-electron chi connectivity index (χ4n) is 4.80. The van der Waals surface area contributed by atoms with E-state index in [4.69, 9.17) is 14.5 Å². The summed E-state index contributed by atoms with van der Waals surface area (Å²) in [7, 11) is 3.22. The van der Waals surface area contributed by atoms with Crippen LogP contribution in [0.2, 0.25) is 0 Å². The molecule has 1 aromatic carbocycles. The van der Waals surface area contributed by atoms with E-state index in [9.17, 15) is 4.79 Å². The summed E-state index contributed by atoms with van der Waals surface area (Å²) in [6.07, 6.45) is 4.58. The Labute approximate surface area is 183 Å². The molecule has 166 valence electrons. The van der Waals surface area contributed by atoms with Crippen LogP contribution in [0.15, 0.2) is 29.1 Å². The SMILES string of the molecule is CCCC(CCC)N1CCn2c(=O)n(-c3ccc(OC)cc3OC)c3nc(C)cc1c32. The zero-order valence-electron chi connectivity index (χ0n) is 19.1. The molecular formula is C24H32N4O3. The van der Waals surface area contributed by atoms with E-state index in [1.54, 1.807) is 24.9 Å². The van der Waals surface area contributed by atoms with Crippen molar-refractivity contribution in [1.29, 1.82) is 0 Å². The second-order valence-corrected chi connectivity index (χ2v) is 8.19. The van der Waals surface area contributed by atoms with Crippen molar-refractivity contribution >= 4 is 16.9 Å². The van der Waals surface area contributed by atoms with Gasteiger partial charge in [-0.1, -0.05) is 26.7 Å². The molecule has 0 N–H and O–H groups in total. The third-order valence-corrected chi connectivity index (χ3v) is 6.17. The van der Waals surface area contributed by atoms with E-state index in [0.29, 0.717) is 35.4 Å². The van der Waals surface area contributed by atoms with Gasteiger partial charge in [-0.15, -0.1) is 0 Å². The summed E-state index contributed by atoms with van der Waals surface area (Å²) in [4.78, 5) is 20.9. The van der Waals surface area contributed by atoms with E-state index in [0.717, 1.165) is 49.1 Å². The number of hydrogen-bond donors (Lipinski definition) is 0. The number of aromatic nitrogens is 3. The zero-order chi connectivity index (χ0) is 22.1. The Morgan fingerprint density at radius 2 is 1.77 bits per heavy atom. The molecule has 0 radical (unpaired) electrons. The minimum atomic E-state index is -0.0833. The number of nitrogens with zero attached hydrogens (tertiary/aromatic N) is 4. The van der Waals surface area contributed by atoms with Crippen molar-refractivity contribution in [2.24, 2.45) is 0 Å². The molecule has 7 nitrogen and oxygen atoms in total. The van der Waals surface area contributed by atoms with Crippen LogP contribution in [0, 0.1) is 6.92 Å². The van der Waals surface area contributed by atoms with Gasteiger partial charge in [-0.2, -0.15) is 0 Å². The molecule has 0 bridgehead atoms. The standard InChI is InChI=1S/C24H32N4O3/c1-6-8-17(9-7-2)26-12-13-27-22-20(26)14-16(3)25-23(22)28(24(27)29)19-11-10-18(30-4)15-21(19)31-5/h10-11,14-15,17H,6-9,12-13H2,1-5H3. The van der Waals surface area contributed by atoms with Crippen LogP contribution in [0.4, 0.5) is 5.69 Å². The molecule has 0 atom stereocenters. The Hall–Kier alpha value is -2.96. The number of rotatable bonds is 8. The second kappa shape index (κ2) is 8.65. The Kier molecular flexibility index (Phi) is 5.94.